The first-order valence-electron chi connectivity index (χ1n) is 9.01. The molecule has 0 aliphatic carbocycles. The van der Waals surface area contributed by atoms with Crippen LogP contribution in [0, 0.1) is 0 Å². The van der Waals surface area contributed by atoms with Gasteiger partial charge in [-0.3, -0.25) is 9.59 Å². The highest BCUT2D eigenvalue weighted by Gasteiger charge is 2.08. The van der Waals surface area contributed by atoms with Crippen LogP contribution in [-0.4, -0.2) is 24.9 Å². The van der Waals surface area contributed by atoms with Gasteiger partial charge in [0.25, 0.3) is 11.8 Å². The smallest absolute Gasteiger partial charge is 0.251 e. The van der Waals surface area contributed by atoms with E-state index in [0.717, 1.165) is 31.2 Å². The number of carbonyl (C=O) groups is 2. The predicted molar refractivity (Wildman–Crippen MR) is 106 cm³/mol. The number of benzene rings is 2. The Morgan fingerprint density at radius 2 is 1.35 bits per heavy atom. The van der Waals surface area contributed by atoms with Crippen molar-refractivity contribution in [3.8, 4) is 0 Å². The summed E-state index contributed by atoms with van der Waals surface area (Å²) in [7, 11) is 0. The van der Waals surface area contributed by atoms with E-state index in [1.807, 2.05) is 24.3 Å². The summed E-state index contributed by atoms with van der Waals surface area (Å²) in [5.41, 5.74) is 2.23. The van der Waals surface area contributed by atoms with Gasteiger partial charge >= 0.3 is 0 Å². The second kappa shape index (κ2) is 10.6. The number of nitrogens with one attached hydrogen (secondary N) is 2. The summed E-state index contributed by atoms with van der Waals surface area (Å²) >= 11 is 5.86. The molecule has 0 heterocycles. The molecule has 2 aromatic carbocycles. The fraction of sp³-hybridized carbons (Fsp3) is 0.333. The molecule has 0 saturated heterocycles. The number of hydrogen-bond acceptors (Lipinski definition) is 2. The third-order valence-electron chi connectivity index (χ3n) is 4.09. The van der Waals surface area contributed by atoms with Crippen molar-refractivity contribution >= 4 is 23.4 Å². The molecule has 0 saturated carbocycles. The van der Waals surface area contributed by atoms with Crippen LogP contribution in [-0.2, 0) is 6.42 Å². The van der Waals surface area contributed by atoms with E-state index in [1.165, 1.54) is 0 Å². The number of carbonyl (C=O) groups excluding carboxylic acids is 2. The Hall–Kier alpha value is -2.33. The van der Waals surface area contributed by atoms with Gasteiger partial charge in [0.1, 0.15) is 0 Å². The molecule has 0 bridgehead atoms. The van der Waals surface area contributed by atoms with Gasteiger partial charge in [-0.25, -0.2) is 0 Å². The molecule has 138 valence electrons. The van der Waals surface area contributed by atoms with E-state index in [0.29, 0.717) is 29.2 Å². The average molecular weight is 373 g/mol. The predicted octanol–water partition coefficient (Wildman–Crippen LogP) is 4.23. The summed E-state index contributed by atoms with van der Waals surface area (Å²) in [6, 6.07) is 14.3. The van der Waals surface area contributed by atoms with Gasteiger partial charge in [0, 0.05) is 29.2 Å². The Balaban J connectivity index is 1.78. The first-order chi connectivity index (χ1) is 12.6. The normalized spacial score (nSPS) is 10.4. The van der Waals surface area contributed by atoms with Crippen LogP contribution < -0.4 is 10.6 Å². The van der Waals surface area contributed by atoms with Gasteiger partial charge < -0.3 is 10.6 Å². The number of unbranched alkanes of at least 4 members (excludes halogenated alkanes) is 2. The molecule has 2 amide bonds. The largest absolute Gasteiger partial charge is 0.352 e. The number of halogens is 1. The van der Waals surface area contributed by atoms with E-state index in [-0.39, 0.29) is 11.8 Å². The van der Waals surface area contributed by atoms with E-state index in [2.05, 4.69) is 17.6 Å². The maximum atomic E-state index is 12.2. The molecule has 0 unspecified atom stereocenters. The monoisotopic (exact) mass is 372 g/mol. The van der Waals surface area contributed by atoms with E-state index in [4.69, 9.17) is 11.6 Å². The average Bonchev–Trinajstić information content (AvgIpc) is 2.66. The molecule has 0 radical (unpaired) electrons. The van der Waals surface area contributed by atoms with Gasteiger partial charge in [-0.1, -0.05) is 43.5 Å². The molecule has 0 aliphatic heterocycles. The summed E-state index contributed by atoms with van der Waals surface area (Å²) in [6.07, 6.45) is 3.95. The first-order valence-corrected chi connectivity index (χ1v) is 9.39. The second-order valence-corrected chi connectivity index (χ2v) is 6.61. The Morgan fingerprint density at radius 1 is 0.808 bits per heavy atom. The third kappa shape index (κ3) is 6.52. The van der Waals surface area contributed by atoms with Crippen molar-refractivity contribution in [2.24, 2.45) is 0 Å². The fourth-order valence-electron chi connectivity index (χ4n) is 2.53. The van der Waals surface area contributed by atoms with Crippen molar-refractivity contribution in [2.45, 2.75) is 32.6 Å². The highest BCUT2D eigenvalue weighted by Crippen LogP contribution is 2.10. The van der Waals surface area contributed by atoms with Gasteiger partial charge in [-0.2, -0.15) is 0 Å². The number of hydrogen-bond donors (Lipinski definition) is 2. The summed E-state index contributed by atoms with van der Waals surface area (Å²) < 4.78 is 0. The lowest BCUT2D eigenvalue weighted by molar-refractivity contribution is 0.0941. The maximum Gasteiger partial charge on any atom is 0.251 e. The quantitative estimate of drug-likeness (QED) is 0.647. The molecule has 0 aromatic heterocycles. The molecule has 2 aromatic rings. The minimum absolute atomic E-state index is 0.101. The Bertz CT molecular complexity index is 712. The lowest BCUT2D eigenvalue weighted by Gasteiger charge is -2.07. The van der Waals surface area contributed by atoms with Gasteiger partial charge in [-0.15, -0.1) is 0 Å². The molecule has 5 heteroatoms. The molecule has 2 rings (SSSR count). The van der Waals surface area contributed by atoms with Crippen molar-refractivity contribution in [2.75, 3.05) is 13.1 Å². The summed E-state index contributed by atoms with van der Waals surface area (Å²) in [5, 5.41) is 6.48. The lowest BCUT2D eigenvalue weighted by atomic mass is 10.1. The maximum absolute atomic E-state index is 12.2. The van der Waals surface area contributed by atoms with Crippen LogP contribution in [0.3, 0.4) is 0 Å². The van der Waals surface area contributed by atoms with Crippen LogP contribution in [0.25, 0.3) is 0 Å². The van der Waals surface area contributed by atoms with Crippen LogP contribution in [0.15, 0.2) is 48.5 Å². The second-order valence-electron chi connectivity index (χ2n) is 6.17. The van der Waals surface area contributed by atoms with Gasteiger partial charge in [0.15, 0.2) is 0 Å². The SMILES string of the molecule is CCCCCNC(=O)c1ccc(C(=O)NCCc2ccc(Cl)cc2)cc1. The van der Waals surface area contributed by atoms with Gasteiger partial charge in [-0.05, 0) is 54.8 Å². The molecular weight excluding hydrogens is 348 g/mol. The zero-order valence-electron chi connectivity index (χ0n) is 15.1. The topological polar surface area (TPSA) is 58.2 Å². The zero-order chi connectivity index (χ0) is 18.8. The van der Waals surface area contributed by atoms with Crippen LogP contribution >= 0.6 is 11.6 Å². The minimum atomic E-state index is -0.145. The summed E-state index contributed by atoms with van der Waals surface area (Å²) in [6.45, 7) is 3.35. The van der Waals surface area contributed by atoms with Crippen LogP contribution in [0.1, 0.15) is 52.5 Å². The fourth-order valence-corrected chi connectivity index (χ4v) is 2.65. The number of amides is 2. The first kappa shape index (κ1) is 20.0. The molecule has 26 heavy (non-hydrogen) atoms. The van der Waals surface area contributed by atoms with E-state index in [9.17, 15) is 9.59 Å². The standard InChI is InChI=1S/C21H25ClN2O2/c1-2-3-4-14-23-20(25)17-7-9-18(10-8-17)21(26)24-15-13-16-5-11-19(22)12-6-16/h5-12H,2-4,13-15H2,1H3,(H,23,25)(H,24,26). The van der Waals surface area contributed by atoms with E-state index < -0.39 is 0 Å². The lowest BCUT2D eigenvalue weighted by Crippen LogP contribution is -2.26. The third-order valence-corrected chi connectivity index (χ3v) is 4.34. The molecule has 0 aliphatic rings. The Morgan fingerprint density at radius 3 is 1.88 bits per heavy atom. The molecule has 4 nitrogen and oxygen atoms in total. The van der Waals surface area contributed by atoms with E-state index >= 15 is 0 Å². The van der Waals surface area contributed by atoms with Crippen molar-refractivity contribution in [1.82, 2.24) is 10.6 Å². The van der Waals surface area contributed by atoms with Crippen LogP contribution in [0.2, 0.25) is 5.02 Å². The Kier molecular flexibility index (Phi) is 8.16. The van der Waals surface area contributed by atoms with Crippen LogP contribution in [0.5, 0.6) is 0 Å². The van der Waals surface area contributed by atoms with Gasteiger partial charge in [0.2, 0.25) is 0 Å². The number of rotatable bonds is 9. The zero-order valence-corrected chi connectivity index (χ0v) is 15.8. The highest BCUT2D eigenvalue weighted by atomic mass is 35.5. The van der Waals surface area contributed by atoms with Crippen molar-refractivity contribution in [3.05, 3.63) is 70.2 Å². The molecule has 0 fully saturated rings. The van der Waals surface area contributed by atoms with Gasteiger partial charge in [0.05, 0.1) is 0 Å². The van der Waals surface area contributed by atoms with Crippen molar-refractivity contribution < 1.29 is 9.59 Å². The minimum Gasteiger partial charge on any atom is -0.352 e. The molecule has 0 spiro atoms. The summed E-state index contributed by atoms with van der Waals surface area (Å²) in [5.74, 6) is -0.246. The molecule has 0 atom stereocenters. The van der Waals surface area contributed by atoms with Crippen molar-refractivity contribution in [1.29, 1.82) is 0 Å². The Labute approximate surface area is 159 Å². The summed E-state index contributed by atoms with van der Waals surface area (Å²) in [4.78, 5) is 24.2. The highest BCUT2D eigenvalue weighted by molar-refractivity contribution is 6.30. The van der Waals surface area contributed by atoms with Crippen molar-refractivity contribution in [3.63, 3.8) is 0 Å². The van der Waals surface area contributed by atoms with Crippen LogP contribution in [0.4, 0.5) is 0 Å². The van der Waals surface area contributed by atoms with E-state index in [1.54, 1.807) is 24.3 Å². The molecular formula is C21H25ClN2O2. The molecule has 2 N–H and O–H groups in total.